The number of nitrogens with zero attached hydrogens (tertiary/aromatic N) is 1. The molecule has 3 N–H and O–H groups in total. The van der Waals surface area contributed by atoms with Gasteiger partial charge in [-0.05, 0) is 44.1 Å². The van der Waals surface area contributed by atoms with Gasteiger partial charge in [-0.15, -0.1) is 0 Å². The lowest BCUT2D eigenvalue weighted by Crippen LogP contribution is -2.44. The maximum atomic E-state index is 13.3. The summed E-state index contributed by atoms with van der Waals surface area (Å²) in [5, 5.41) is 12.5. The molecule has 1 aromatic carbocycles. The van der Waals surface area contributed by atoms with E-state index in [0.29, 0.717) is 23.5 Å². The van der Waals surface area contributed by atoms with Crippen molar-refractivity contribution in [2.24, 2.45) is 5.92 Å². The maximum absolute atomic E-state index is 13.3. The predicted molar refractivity (Wildman–Crippen MR) is 117 cm³/mol. The van der Waals surface area contributed by atoms with Gasteiger partial charge >= 0.3 is 0 Å². The van der Waals surface area contributed by atoms with Crippen molar-refractivity contribution in [3.05, 3.63) is 23.8 Å². The van der Waals surface area contributed by atoms with Crippen molar-refractivity contribution >= 4 is 25.8 Å². The maximum Gasteiger partial charge on any atom is 0.261 e. The van der Waals surface area contributed by atoms with Crippen molar-refractivity contribution in [2.45, 2.75) is 62.6 Å². The first-order chi connectivity index (χ1) is 14.6. The number of carbonyl (C=O) groups excluding carboxylic acids is 2. The van der Waals surface area contributed by atoms with Gasteiger partial charge in [-0.2, -0.15) is 0 Å². The minimum absolute atomic E-state index is 0.0587. The fourth-order valence-electron chi connectivity index (χ4n) is 5.85. The molecule has 1 spiro atoms. The average molecular weight is 449 g/mol. The van der Waals surface area contributed by atoms with Crippen molar-refractivity contribution in [3.63, 3.8) is 0 Å². The standard InChI is InChI=1S/C22H32N2O6Si/c1-13-20(31(3,4)28)18(11-19(26)24-9-5-6-14(24)12-25)30-22(13)16-10-15(29-2)7-8-17(16)23-21(22)27/h7-8,10,13-14,18,20,25,28H,5-6,9,11-12H2,1-4H3,(H,23,27)/t13-,14-,18+,20-,22+/m0/s1. The molecular formula is C22H32N2O6Si. The molecule has 3 aliphatic rings. The molecule has 0 bridgehead atoms. The molecule has 9 heteroatoms. The fraction of sp³-hybridized carbons (Fsp3) is 0.636. The van der Waals surface area contributed by atoms with Crippen LogP contribution >= 0.6 is 0 Å². The molecule has 1 aromatic rings. The molecule has 5 atom stereocenters. The summed E-state index contributed by atoms with van der Waals surface area (Å²) in [5.41, 5.74) is -0.222. The smallest absolute Gasteiger partial charge is 0.261 e. The van der Waals surface area contributed by atoms with E-state index in [2.05, 4.69) is 5.32 Å². The van der Waals surface area contributed by atoms with E-state index >= 15 is 0 Å². The van der Waals surface area contributed by atoms with Crippen LogP contribution in [0.5, 0.6) is 5.75 Å². The molecule has 2 saturated heterocycles. The molecule has 0 radical (unpaired) electrons. The van der Waals surface area contributed by atoms with Gasteiger partial charge in [0.25, 0.3) is 5.91 Å². The number of likely N-dealkylation sites (tertiary alicyclic amines) is 1. The number of anilines is 1. The fourth-order valence-corrected chi connectivity index (χ4v) is 8.40. The lowest BCUT2D eigenvalue weighted by Gasteiger charge is -2.32. The molecule has 0 unspecified atom stereocenters. The number of carbonyl (C=O) groups is 2. The molecular weight excluding hydrogens is 416 g/mol. The van der Waals surface area contributed by atoms with Gasteiger partial charge in [0, 0.05) is 29.3 Å². The number of aliphatic hydroxyl groups is 1. The number of amides is 2. The zero-order valence-corrected chi connectivity index (χ0v) is 19.6. The molecule has 3 aliphatic heterocycles. The summed E-state index contributed by atoms with van der Waals surface area (Å²) < 4.78 is 11.9. The lowest BCUT2D eigenvalue weighted by atomic mass is 9.82. The van der Waals surface area contributed by atoms with Crippen LogP contribution in [0.25, 0.3) is 0 Å². The number of rotatable bonds is 5. The minimum atomic E-state index is -2.80. The molecule has 2 amide bonds. The van der Waals surface area contributed by atoms with Crippen LogP contribution in [0.3, 0.4) is 0 Å². The average Bonchev–Trinajstić information content (AvgIpc) is 3.37. The van der Waals surface area contributed by atoms with E-state index in [0.717, 1.165) is 12.8 Å². The van der Waals surface area contributed by atoms with Crippen LogP contribution < -0.4 is 10.1 Å². The van der Waals surface area contributed by atoms with E-state index in [9.17, 15) is 19.5 Å². The first-order valence-corrected chi connectivity index (χ1v) is 14.0. The molecule has 0 aromatic heterocycles. The first-order valence-electron chi connectivity index (χ1n) is 10.9. The summed E-state index contributed by atoms with van der Waals surface area (Å²) in [4.78, 5) is 39.2. The number of methoxy groups -OCH3 is 1. The van der Waals surface area contributed by atoms with Crippen LogP contribution in [0.15, 0.2) is 18.2 Å². The molecule has 0 aliphatic carbocycles. The van der Waals surface area contributed by atoms with Gasteiger partial charge in [0.2, 0.25) is 5.91 Å². The van der Waals surface area contributed by atoms with E-state index < -0.39 is 20.0 Å². The van der Waals surface area contributed by atoms with Crippen LogP contribution in [0.1, 0.15) is 31.7 Å². The number of hydrogen-bond acceptors (Lipinski definition) is 6. The van der Waals surface area contributed by atoms with Crippen molar-refractivity contribution in [3.8, 4) is 5.75 Å². The van der Waals surface area contributed by atoms with E-state index in [-0.39, 0.29) is 42.3 Å². The van der Waals surface area contributed by atoms with E-state index in [1.807, 2.05) is 20.0 Å². The number of ether oxygens (including phenoxy) is 2. The number of nitrogens with one attached hydrogen (secondary N) is 1. The van der Waals surface area contributed by atoms with Crippen molar-refractivity contribution in [1.29, 1.82) is 0 Å². The molecule has 8 nitrogen and oxygen atoms in total. The molecule has 31 heavy (non-hydrogen) atoms. The Morgan fingerprint density at radius 3 is 2.81 bits per heavy atom. The Morgan fingerprint density at radius 2 is 2.16 bits per heavy atom. The highest BCUT2D eigenvalue weighted by molar-refractivity contribution is 6.71. The third kappa shape index (κ3) is 3.47. The second kappa shape index (κ2) is 7.88. The number of benzene rings is 1. The molecule has 4 rings (SSSR count). The molecule has 0 saturated carbocycles. The Hall–Kier alpha value is -1.94. The van der Waals surface area contributed by atoms with Gasteiger partial charge in [0.05, 0.1) is 32.3 Å². The molecule has 170 valence electrons. The minimum Gasteiger partial charge on any atom is -0.497 e. The van der Waals surface area contributed by atoms with Gasteiger partial charge < -0.3 is 29.6 Å². The van der Waals surface area contributed by atoms with E-state index in [4.69, 9.17) is 9.47 Å². The highest BCUT2D eigenvalue weighted by Gasteiger charge is 2.65. The molecule has 3 heterocycles. The number of fused-ring (bicyclic) bond motifs is 2. The predicted octanol–water partition coefficient (Wildman–Crippen LogP) is 1.82. The van der Waals surface area contributed by atoms with Gasteiger partial charge in [-0.25, -0.2) is 0 Å². The normalized spacial score (nSPS) is 32.5. The zero-order valence-electron chi connectivity index (χ0n) is 18.6. The highest BCUT2D eigenvalue weighted by Crippen LogP contribution is 2.58. The van der Waals surface area contributed by atoms with Crippen LogP contribution in [-0.2, 0) is 19.9 Å². The summed E-state index contributed by atoms with van der Waals surface area (Å²) in [5.74, 6) is -0.0726. The van der Waals surface area contributed by atoms with Crippen molar-refractivity contribution < 1.29 is 29.0 Å². The Morgan fingerprint density at radius 1 is 1.42 bits per heavy atom. The van der Waals surface area contributed by atoms with Crippen LogP contribution in [0.2, 0.25) is 18.6 Å². The summed E-state index contributed by atoms with van der Waals surface area (Å²) in [7, 11) is -1.24. The van der Waals surface area contributed by atoms with Gasteiger partial charge in [-0.1, -0.05) is 6.92 Å². The second-order valence-electron chi connectivity index (χ2n) is 9.50. The van der Waals surface area contributed by atoms with E-state index in [1.165, 1.54) is 0 Å². The summed E-state index contributed by atoms with van der Waals surface area (Å²) in [6.45, 7) is 6.15. The third-order valence-corrected chi connectivity index (χ3v) is 9.73. The second-order valence-corrected chi connectivity index (χ2v) is 13.5. The van der Waals surface area contributed by atoms with Gasteiger partial charge in [0.1, 0.15) is 5.75 Å². The third-order valence-electron chi connectivity index (χ3n) is 7.23. The number of aliphatic hydroxyl groups excluding tert-OH is 1. The summed E-state index contributed by atoms with van der Waals surface area (Å²) in [6.07, 6.45) is 1.14. The Labute approximate surface area is 183 Å². The van der Waals surface area contributed by atoms with Crippen molar-refractivity contribution in [2.75, 3.05) is 25.6 Å². The first kappa shape index (κ1) is 22.3. The Bertz CT molecular complexity index is 887. The van der Waals surface area contributed by atoms with Crippen LogP contribution in [-0.4, -0.2) is 67.3 Å². The van der Waals surface area contributed by atoms with Gasteiger partial charge in [0.15, 0.2) is 13.9 Å². The van der Waals surface area contributed by atoms with Crippen molar-refractivity contribution in [1.82, 2.24) is 4.90 Å². The lowest BCUT2D eigenvalue weighted by molar-refractivity contribution is -0.148. The van der Waals surface area contributed by atoms with E-state index in [1.54, 1.807) is 30.2 Å². The topological polar surface area (TPSA) is 108 Å². The van der Waals surface area contributed by atoms with Crippen LogP contribution in [0.4, 0.5) is 5.69 Å². The zero-order chi connectivity index (χ0) is 22.6. The number of hydrogen-bond donors (Lipinski definition) is 3. The summed E-state index contributed by atoms with van der Waals surface area (Å²) in [6, 6.07) is 5.21. The Balaban J connectivity index is 1.70. The molecule has 2 fully saturated rings. The quantitative estimate of drug-likeness (QED) is 0.593. The van der Waals surface area contributed by atoms with Crippen LogP contribution in [0, 0.1) is 5.92 Å². The monoisotopic (exact) mass is 448 g/mol. The van der Waals surface area contributed by atoms with Gasteiger partial charge in [-0.3, -0.25) is 9.59 Å². The summed E-state index contributed by atoms with van der Waals surface area (Å²) >= 11 is 0. The largest absolute Gasteiger partial charge is 0.497 e. The highest BCUT2D eigenvalue weighted by atomic mass is 28.4. The Kier molecular flexibility index (Phi) is 5.66. The SMILES string of the molecule is COc1ccc2c(c1)[C@@]1(O[C@H](CC(=O)N3CCC[C@H]3CO)[C@@H]([Si](C)(C)O)[C@@H]1C)C(=O)N2.